The first-order chi connectivity index (χ1) is 18.2. The van der Waals surface area contributed by atoms with E-state index in [1.807, 2.05) is 29.6 Å². The highest BCUT2D eigenvalue weighted by Crippen LogP contribution is 2.31. The molecule has 1 saturated heterocycles. The molecule has 7 heteroatoms. The molecule has 5 nitrogen and oxygen atoms in total. The summed E-state index contributed by atoms with van der Waals surface area (Å²) in [4.78, 5) is 17.6. The molecule has 5 rings (SSSR count). The van der Waals surface area contributed by atoms with E-state index >= 15 is 0 Å². The summed E-state index contributed by atoms with van der Waals surface area (Å²) in [5.41, 5.74) is 0.967. The van der Waals surface area contributed by atoms with E-state index in [2.05, 4.69) is 9.88 Å². The first kappa shape index (κ1) is 14.6. The summed E-state index contributed by atoms with van der Waals surface area (Å²) < 4.78 is 74.4. The van der Waals surface area contributed by atoms with Crippen LogP contribution in [0.1, 0.15) is 23.7 Å². The van der Waals surface area contributed by atoms with Crippen LogP contribution in [0.3, 0.4) is 0 Å². The number of hydrogen-bond acceptors (Lipinski definition) is 5. The molecule has 1 aliphatic rings. The highest BCUT2D eigenvalue weighted by Gasteiger charge is 2.18. The summed E-state index contributed by atoms with van der Waals surface area (Å²) in [7, 11) is 0. The fourth-order valence-corrected chi connectivity index (χ4v) is 4.53. The Morgan fingerprint density at radius 3 is 2.75 bits per heavy atom. The normalized spacial score (nSPS) is 20.1. The van der Waals surface area contributed by atoms with Crippen LogP contribution in [0.5, 0.6) is 5.75 Å². The fourth-order valence-electron chi connectivity index (χ4n) is 3.72. The second-order valence-electron chi connectivity index (χ2n) is 7.22. The zero-order valence-corrected chi connectivity index (χ0v) is 18.8. The number of nitrogens with one attached hydrogen (secondary N) is 1. The third-order valence-corrected chi connectivity index (χ3v) is 6.17. The van der Waals surface area contributed by atoms with Crippen LogP contribution >= 0.6 is 23.7 Å². The van der Waals surface area contributed by atoms with Gasteiger partial charge in [0.1, 0.15) is 5.75 Å². The topological polar surface area (TPSA) is 48.6 Å². The van der Waals surface area contributed by atoms with Crippen LogP contribution in [0.2, 0.25) is 0 Å². The Morgan fingerprint density at radius 1 is 1.03 bits per heavy atom. The lowest BCUT2D eigenvalue weighted by Crippen LogP contribution is -2.46. The number of piperazine rings is 1. The highest BCUT2D eigenvalue weighted by atomic mass is 35.5. The molecule has 2 aromatic heterocycles. The van der Waals surface area contributed by atoms with Crippen LogP contribution in [0.15, 0.2) is 64.8 Å². The van der Waals surface area contributed by atoms with E-state index in [4.69, 9.17) is 15.7 Å². The van der Waals surface area contributed by atoms with E-state index in [1.165, 1.54) is 23.1 Å². The molecule has 0 spiro atoms. The minimum Gasteiger partial charge on any atom is -0.494 e. The maximum atomic E-state index is 11.6. The van der Waals surface area contributed by atoms with Gasteiger partial charge in [-0.25, -0.2) is 0 Å². The standard InChI is InChI=1S/C25H27N3O2S.ClH/c29-25-9-7-19-6-8-20(18-22(19)26-25)30-16-2-1-11-27-12-14-28(15-13-27)23-4-3-5-24-21(23)10-17-31-24;/h3-10,17-18H,1-2,11-16H2,(H,26,29);1H/i1D2,2D2,11D2,16D2;. The number of halogens is 1. The summed E-state index contributed by atoms with van der Waals surface area (Å²) in [6.07, 6.45) is -6.73. The number of hydrogen-bond donors (Lipinski definition) is 1. The van der Waals surface area contributed by atoms with Gasteiger partial charge in [0, 0.05) is 62.3 Å². The van der Waals surface area contributed by atoms with Crippen molar-refractivity contribution in [1.82, 2.24) is 9.88 Å². The van der Waals surface area contributed by atoms with Gasteiger partial charge in [-0.3, -0.25) is 9.69 Å². The molecule has 0 unspecified atom stereocenters. The van der Waals surface area contributed by atoms with Crippen LogP contribution in [0.4, 0.5) is 5.69 Å². The molecule has 3 heterocycles. The molecule has 1 aliphatic heterocycles. The fraction of sp³-hybridized carbons (Fsp3) is 0.320. The Morgan fingerprint density at radius 2 is 1.88 bits per heavy atom. The number of benzene rings is 2. The minimum atomic E-state index is -3.41. The molecule has 4 aromatic rings. The van der Waals surface area contributed by atoms with Gasteiger partial charge < -0.3 is 14.6 Å². The molecule has 32 heavy (non-hydrogen) atoms. The first-order valence-corrected chi connectivity index (χ1v) is 10.9. The molecular weight excluding hydrogens is 442 g/mol. The van der Waals surface area contributed by atoms with Gasteiger partial charge >= 0.3 is 0 Å². The summed E-state index contributed by atoms with van der Waals surface area (Å²) in [5.74, 6) is -0.134. The molecule has 1 fully saturated rings. The minimum absolute atomic E-state index is 0. The lowest BCUT2D eigenvalue weighted by molar-refractivity contribution is 0.239. The van der Waals surface area contributed by atoms with Crippen LogP contribution in [0.25, 0.3) is 21.0 Å². The molecule has 0 radical (unpaired) electrons. The van der Waals surface area contributed by atoms with Crippen molar-refractivity contribution in [2.75, 3.05) is 44.1 Å². The largest absolute Gasteiger partial charge is 0.494 e. The monoisotopic (exact) mass is 477 g/mol. The second kappa shape index (κ2) is 10.4. The Hall–Kier alpha value is -2.54. The maximum absolute atomic E-state index is 11.6. The number of nitrogens with zero attached hydrogens (tertiary/aromatic N) is 2. The van der Waals surface area contributed by atoms with E-state index in [9.17, 15) is 4.79 Å². The third-order valence-electron chi connectivity index (χ3n) is 5.29. The number of H-pyrrole nitrogens is 1. The summed E-state index contributed by atoms with van der Waals surface area (Å²) in [5, 5.41) is 3.74. The smallest absolute Gasteiger partial charge is 0.248 e. The number of aromatic nitrogens is 1. The van der Waals surface area contributed by atoms with Gasteiger partial charge in [-0.2, -0.15) is 0 Å². The lowest BCUT2D eigenvalue weighted by atomic mass is 10.2. The van der Waals surface area contributed by atoms with E-state index in [-0.39, 0.29) is 36.8 Å². The Kier molecular flexibility index (Phi) is 4.73. The summed E-state index contributed by atoms with van der Waals surface area (Å²) in [6.45, 7) is -5.10. The molecule has 0 atom stereocenters. The number of thiophene rings is 1. The first-order valence-electron chi connectivity index (χ1n) is 14.0. The number of pyridine rings is 1. The van der Waals surface area contributed by atoms with Crippen molar-refractivity contribution in [3.63, 3.8) is 0 Å². The van der Waals surface area contributed by atoms with Crippen molar-refractivity contribution < 1.29 is 15.7 Å². The average molecular weight is 478 g/mol. The maximum Gasteiger partial charge on any atom is 0.248 e. The van der Waals surface area contributed by atoms with Gasteiger partial charge in [0.05, 0.1) is 14.8 Å². The molecule has 1 N–H and O–H groups in total. The van der Waals surface area contributed by atoms with Gasteiger partial charge in [0.25, 0.3) is 0 Å². The van der Waals surface area contributed by atoms with Crippen LogP contribution in [-0.2, 0) is 0 Å². The van der Waals surface area contributed by atoms with E-state index in [1.54, 1.807) is 23.5 Å². The number of fused-ring (bicyclic) bond motifs is 2. The number of anilines is 1. The summed E-state index contributed by atoms with van der Waals surface area (Å²) in [6, 6.07) is 15.2. The zero-order chi connectivity index (χ0) is 28.2. The van der Waals surface area contributed by atoms with Crippen molar-refractivity contribution in [2.45, 2.75) is 12.7 Å². The molecule has 0 amide bonds. The van der Waals surface area contributed by atoms with Gasteiger partial charge in [0.15, 0.2) is 0 Å². The number of aromatic amines is 1. The Bertz CT molecular complexity index is 1570. The van der Waals surface area contributed by atoms with Crippen molar-refractivity contribution >= 4 is 50.4 Å². The average Bonchev–Trinajstić information content (AvgIpc) is 3.37. The quantitative estimate of drug-likeness (QED) is 0.400. The Balaban J connectivity index is 0.00000370. The van der Waals surface area contributed by atoms with Crippen molar-refractivity contribution in [3.05, 3.63) is 70.3 Å². The van der Waals surface area contributed by atoms with Crippen LogP contribution < -0.4 is 15.2 Å². The van der Waals surface area contributed by atoms with Gasteiger partial charge in [-0.1, -0.05) is 6.07 Å². The second-order valence-corrected chi connectivity index (χ2v) is 8.17. The van der Waals surface area contributed by atoms with E-state index in [0.717, 1.165) is 15.8 Å². The molecule has 0 aliphatic carbocycles. The number of ether oxygens (including phenoxy) is 1. The molecule has 2 aromatic carbocycles. The predicted molar refractivity (Wildman–Crippen MR) is 137 cm³/mol. The summed E-state index contributed by atoms with van der Waals surface area (Å²) >= 11 is 1.63. The predicted octanol–water partition coefficient (Wildman–Crippen LogP) is 5.15. The van der Waals surface area contributed by atoms with Gasteiger partial charge in [-0.05, 0) is 66.4 Å². The van der Waals surface area contributed by atoms with Crippen LogP contribution in [0, 0.1) is 0 Å². The Labute approximate surface area is 209 Å². The van der Waals surface area contributed by atoms with E-state index in [0.29, 0.717) is 24.0 Å². The molecule has 0 saturated carbocycles. The molecular formula is C25H28ClN3O2S. The van der Waals surface area contributed by atoms with Crippen molar-refractivity contribution in [1.29, 1.82) is 0 Å². The molecule has 168 valence electrons. The molecule has 0 bridgehead atoms. The van der Waals surface area contributed by atoms with Crippen molar-refractivity contribution in [3.8, 4) is 5.75 Å². The third kappa shape index (κ3) is 5.09. The van der Waals surface area contributed by atoms with Gasteiger partial charge in [-0.15, -0.1) is 23.7 Å². The van der Waals surface area contributed by atoms with Crippen molar-refractivity contribution in [2.24, 2.45) is 0 Å². The zero-order valence-electron chi connectivity index (χ0n) is 25.1. The number of rotatable bonds is 7. The highest BCUT2D eigenvalue weighted by molar-refractivity contribution is 7.17. The lowest BCUT2D eigenvalue weighted by Gasteiger charge is -2.36. The SMILES string of the molecule is Cl.[2H]C([2H])(Oc1ccc2ccc(=O)[nH]c2c1)C([2H])([2H])C([2H])([2H])C([2H])([2H])N1CCN(c2cccc3sccc23)CC1. The van der Waals surface area contributed by atoms with Crippen LogP contribution in [-0.4, -0.2) is 49.1 Å². The van der Waals surface area contributed by atoms with Gasteiger partial charge in [0.2, 0.25) is 5.56 Å². The van der Waals surface area contributed by atoms with E-state index < -0.39 is 25.8 Å².